The number of benzene rings is 2. The average Bonchev–Trinajstić information content (AvgIpc) is 3.35. The predicted octanol–water partition coefficient (Wildman–Crippen LogP) is 3.85. The highest BCUT2D eigenvalue weighted by molar-refractivity contribution is 5.89. The van der Waals surface area contributed by atoms with Gasteiger partial charge in [-0.3, -0.25) is 4.99 Å². The van der Waals surface area contributed by atoms with E-state index in [-0.39, 0.29) is 17.3 Å². The lowest BCUT2D eigenvalue weighted by atomic mass is 9.95. The van der Waals surface area contributed by atoms with Gasteiger partial charge < -0.3 is 20.9 Å². The summed E-state index contributed by atoms with van der Waals surface area (Å²) >= 11 is 0. The van der Waals surface area contributed by atoms with Gasteiger partial charge in [-0.2, -0.15) is 0 Å². The molecule has 2 aromatic carbocycles. The maximum Gasteiger partial charge on any atom is 0.321 e. The second-order valence-corrected chi connectivity index (χ2v) is 8.36. The second kappa shape index (κ2) is 9.37. The molecule has 1 saturated carbocycles. The first-order valence-electron chi connectivity index (χ1n) is 10.9. The van der Waals surface area contributed by atoms with E-state index in [0.717, 1.165) is 55.6 Å². The molecule has 164 valence electrons. The van der Waals surface area contributed by atoms with Crippen molar-refractivity contribution < 1.29 is 9.18 Å². The second-order valence-electron chi connectivity index (χ2n) is 8.36. The van der Waals surface area contributed by atoms with Crippen molar-refractivity contribution in [3.8, 4) is 0 Å². The zero-order valence-electron chi connectivity index (χ0n) is 18.0. The predicted molar refractivity (Wildman–Crippen MR) is 122 cm³/mol. The summed E-state index contributed by atoms with van der Waals surface area (Å²) in [6, 6.07) is 14.8. The fourth-order valence-electron chi connectivity index (χ4n) is 4.12. The molecule has 0 bridgehead atoms. The Morgan fingerprint density at radius 2 is 1.87 bits per heavy atom. The molecule has 0 spiro atoms. The number of hydrogen-bond acceptors (Lipinski definition) is 2. The Balaban J connectivity index is 1.30. The number of amides is 2. The normalized spacial score (nSPS) is 17.4. The van der Waals surface area contributed by atoms with Crippen molar-refractivity contribution in [2.24, 2.45) is 4.99 Å². The van der Waals surface area contributed by atoms with Crippen LogP contribution in [0.1, 0.15) is 36.8 Å². The van der Waals surface area contributed by atoms with Crippen molar-refractivity contribution in [3.63, 3.8) is 0 Å². The first-order valence-corrected chi connectivity index (χ1v) is 10.9. The van der Waals surface area contributed by atoms with Crippen LogP contribution in [-0.4, -0.2) is 43.6 Å². The Hall–Kier alpha value is -3.09. The number of urea groups is 1. The van der Waals surface area contributed by atoms with Crippen LogP contribution in [0.3, 0.4) is 0 Å². The number of hydrogen-bond donors (Lipinski definition) is 3. The molecule has 2 aliphatic rings. The average molecular weight is 424 g/mol. The number of nitrogens with one attached hydrogen (secondary N) is 3. The summed E-state index contributed by atoms with van der Waals surface area (Å²) < 4.78 is 14.2. The molecule has 2 fully saturated rings. The van der Waals surface area contributed by atoms with Gasteiger partial charge in [0.25, 0.3) is 0 Å². The minimum absolute atomic E-state index is 0.0389. The minimum Gasteiger partial charge on any atom is -0.356 e. The summed E-state index contributed by atoms with van der Waals surface area (Å²) in [5.74, 6) is 0.534. The Morgan fingerprint density at radius 1 is 1.10 bits per heavy atom. The molecule has 1 aliphatic heterocycles. The third-order valence-corrected chi connectivity index (χ3v) is 6.15. The summed E-state index contributed by atoms with van der Waals surface area (Å²) in [5, 5.41) is 9.64. The van der Waals surface area contributed by atoms with Crippen molar-refractivity contribution in [3.05, 3.63) is 65.5 Å². The van der Waals surface area contributed by atoms with E-state index in [2.05, 4.69) is 20.9 Å². The van der Waals surface area contributed by atoms with Crippen LogP contribution in [0.2, 0.25) is 0 Å². The van der Waals surface area contributed by atoms with Gasteiger partial charge in [-0.1, -0.05) is 30.3 Å². The van der Waals surface area contributed by atoms with Gasteiger partial charge in [-0.05, 0) is 55.0 Å². The first kappa shape index (κ1) is 21.2. The van der Waals surface area contributed by atoms with E-state index in [1.807, 2.05) is 41.3 Å². The van der Waals surface area contributed by atoms with Gasteiger partial charge in [0.15, 0.2) is 5.96 Å². The number of carbonyl (C=O) groups is 1. The van der Waals surface area contributed by atoms with Crippen molar-refractivity contribution in [1.82, 2.24) is 15.5 Å². The van der Waals surface area contributed by atoms with E-state index >= 15 is 0 Å². The van der Waals surface area contributed by atoms with Crippen molar-refractivity contribution >= 4 is 17.7 Å². The molecule has 0 unspecified atom stereocenters. The van der Waals surface area contributed by atoms with E-state index in [4.69, 9.17) is 0 Å². The molecule has 0 atom stereocenters. The SMILES string of the molecule is CN=C(NCc1cccc(NC(=O)N2CCCC2)c1)NCC1(c2ccccc2F)CC1. The lowest BCUT2D eigenvalue weighted by Gasteiger charge is -2.20. The Morgan fingerprint density at radius 3 is 2.58 bits per heavy atom. The van der Waals surface area contributed by atoms with Crippen LogP contribution >= 0.6 is 0 Å². The molecule has 6 nitrogen and oxygen atoms in total. The number of carbonyl (C=O) groups excluding carboxylic acids is 1. The fraction of sp³-hybridized carbons (Fsp3) is 0.417. The van der Waals surface area contributed by atoms with Crippen LogP contribution < -0.4 is 16.0 Å². The molecule has 3 N–H and O–H groups in total. The maximum absolute atomic E-state index is 14.2. The molecule has 7 heteroatoms. The standard InChI is InChI=1S/C24H30FN5O/c1-26-22(28-17-24(11-12-24)20-9-2-3-10-21(20)25)27-16-18-7-6-8-19(15-18)29-23(31)30-13-4-5-14-30/h2-3,6-10,15H,4-5,11-14,16-17H2,1H3,(H,29,31)(H2,26,27,28). The lowest BCUT2D eigenvalue weighted by molar-refractivity contribution is 0.222. The molecule has 4 rings (SSSR count). The molecule has 0 aromatic heterocycles. The molecular weight excluding hydrogens is 393 g/mol. The van der Waals surface area contributed by atoms with E-state index in [1.165, 1.54) is 6.07 Å². The Labute approximate surface area is 182 Å². The van der Waals surface area contributed by atoms with Crippen LogP contribution in [0, 0.1) is 5.82 Å². The van der Waals surface area contributed by atoms with Gasteiger partial charge in [0.05, 0.1) is 0 Å². The van der Waals surface area contributed by atoms with Crippen LogP contribution in [0.15, 0.2) is 53.5 Å². The number of anilines is 1. The summed E-state index contributed by atoms with van der Waals surface area (Å²) in [7, 11) is 1.73. The van der Waals surface area contributed by atoms with Gasteiger partial charge in [0, 0.05) is 44.3 Å². The van der Waals surface area contributed by atoms with Crippen LogP contribution in [-0.2, 0) is 12.0 Å². The van der Waals surface area contributed by atoms with Gasteiger partial charge in [-0.15, -0.1) is 0 Å². The van der Waals surface area contributed by atoms with E-state index < -0.39 is 0 Å². The van der Waals surface area contributed by atoms with Gasteiger partial charge >= 0.3 is 6.03 Å². The molecular formula is C24H30FN5O. The third kappa shape index (κ3) is 5.16. The Bertz CT molecular complexity index is 950. The molecule has 1 saturated heterocycles. The van der Waals surface area contributed by atoms with E-state index in [0.29, 0.717) is 19.0 Å². The number of rotatable bonds is 6. The molecule has 31 heavy (non-hydrogen) atoms. The largest absolute Gasteiger partial charge is 0.356 e. The van der Waals surface area contributed by atoms with Crippen LogP contribution in [0.4, 0.5) is 14.9 Å². The highest BCUT2D eigenvalue weighted by Crippen LogP contribution is 2.48. The zero-order chi connectivity index (χ0) is 21.7. The quantitative estimate of drug-likeness (QED) is 0.488. The zero-order valence-corrected chi connectivity index (χ0v) is 18.0. The maximum atomic E-state index is 14.2. The van der Waals surface area contributed by atoms with E-state index in [9.17, 15) is 9.18 Å². The first-order chi connectivity index (χ1) is 15.1. The van der Waals surface area contributed by atoms with Crippen LogP contribution in [0.25, 0.3) is 0 Å². The summed E-state index contributed by atoms with van der Waals surface area (Å²) in [5.41, 5.74) is 2.45. The summed E-state index contributed by atoms with van der Waals surface area (Å²) in [6.07, 6.45) is 4.08. The molecule has 1 heterocycles. The highest BCUT2D eigenvalue weighted by atomic mass is 19.1. The number of nitrogens with zero attached hydrogens (tertiary/aromatic N) is 2. The van der Waals surface area contributed by atoms with Gasteiger partial charge in [-0.25, -0.2) is 9.18 Å². The van der Waals surface area contributed by atoms with Gasteiger partial charge in [0.1, 0.15) is 5.82 Å². The highest BCUT2D eigenvalue weighted by Gasteiger charge is 2.45. The van der Waals surface area contributed by atoms with Crippen molar-refractivity contribution in [2.75, 3.05) is 32.0 Å². The molecule has 1 aliphatic carbocycles. The lowest BCUT2D eigenvalue weighted by Crippen LogP contribution is -2.41. The fourth-order valence-corrected chi connectivity index (χ4v) is 4.12. The minimum atomic E-state index is -0.150. The molecule has 2 amide bonds. The number of likely N-dealkylation sites (tertiary alicyclic amines) is 1. The molecule has 0 radical (unpaired) electrons. The van der Waals surface area contributed by atoms with Gasteiger partial charge in [0.2, 0.25) is 0 Å². The topological polar surface area (TPSA) is 68.8 Å². The Kier molecular flexibility index (Phi) is 6.39. The number of halogens is 1. The van der Waals surface area contributed by atoms with Crippen molar-refractivity contribution in [1.29, 1.82) is 0 Å². The van der Waals surface area contributed by atoms with E-state index in [1.54, 1.807) is 13.1 Å². The summed E-state index contributed by atoms with van der Waals surface area (Å²) in [6.45, 7) is 2.85. The smallest absolute Gasteiger partial charge is 0.321 e. The van der Waals surface area contributed by atoms with Crippen molar-refractivity contribution in [2.45, 2.75) is 37.6 Å². The summed E-state index contributed by atoms with van der Waals surface area (Å²) in [4.78, 5) is 18.5. The monoisotopic (exact) mass is 423 g/mol. The van der Waals surface area contributed by atoms with Crippen LogP contribution in [0.5, 0.6) is 0 Å². The third-order valence-electron chi connectivity index (χ3n) is 6.15. The molecule has 2 aromatic rings. The number of guanidine groups is 1. The number of aliphatic imine (C=N–C) groups is 1.